The predicted molar refractivity (Wildman–Crippen MR) is 107 cm³/mol. The van der Waals surface area contributed by atoms with Crippen molar-refractivity contribution >= 4 is 29.0 Å². The van der Waals surface area contributed by atoms with Gasteiger partial charge in [-0.05, 0) is 36.8 Å². The number of nitrogens with zero attached hydrogens (tertiary/aromatic N) is 4. The maximum atomic E-state index is 11.1. The van der Waals surface area contributed by atoms with Gasteiger partial charge in [0.05, 0.1) is 27.1 Å². The smallest absolute Gasteiger partial charge is 0.301 e. The van der Waals surface area contributed by atoms with Crippen molar-refractivity contribution in [1.82, 2.24) is 0 Å². The summed E-state index contributed by atoms with van der Waals surface area (Å²) in [5, 5.41) is 36.6. The van der Waals surface area contributed by atoms with Crippen LogP contribution in [0.25, 0.3) is 11.3 Å². The first-order valence-electron chi connectivity index (χ1n) is 8.33. The molecular weight excluding hydrogens is 398 g/mol. The Hall–Kier alpha value is -4.61. The first kappa shape index (κ1) is 20.1. The lowest BCUT2D eigenvalue weighted by Gasteiger charge is -2.02. The highest BCUT2D eigenvalue weighted by molar-refractivity contribution is 5.79. The van der Waals surface area contributed by atoms with Gasteiger partial charge in [0.1, 0.15) is 17.2 Å². The Morgan fingerprint density at radius 2 is 1.57 bits per heavy atom. The number of furan rings is 1. The van der Waals surface area contributed by atoms with E-state index in [1.807, 2.05) is 0 Å². The van der Waals surface area contributed by atoms with Crippen molar-refractivity contribution in [3.8, 4) is 11.3 Å². The standard InChI is InChI=1S/C18H13N5O7/c1-11-8-12(21(24)25)2-5-15(11)18-7-4-14(30-18)10-19-20-16-6-3-13(22(26)27)9-17(16)23(28)29/h2-10,20H,1H3/b19-10-. The van der Waals surface area contributed by atoms with Gasteiger partial charge >= 0.3 is 5.69 Å². The molecule has 0 fully saturated rings. The van der Waals surface area contributed by atoms with Crippen molar-refractivity contribution in [3.05, 3.63) is 90.2 Å². The molecule has 0 aliphatic heterocycles. The molecule has 0 unspecified atom stereocenters. The van der Waals surface area contributed by atoms with Crippen molar-refractivity contribution < 1.29 is 19.2 Å². The Morgan fingerprint density at radius 3 is 2.20 bits per heavy atom. The third-order valence-corrected chi connectivity index (χ3v) is 4.08. The number of anilines is 1. The van der Waals surface area contributed by atoms with Gasteiger partial charge in [-0.1, -0.05) is 0 Å². The van der Waals surface area contributed by atoms with Gasteiger partial charge in [-0.25, -0.2) is 0 Å². The van der Waals surface area contributed by atoms with Gasteiger partial charge in [0.25, 0.3) is 11.4 Å². The number of benzene rings is 2. The first-order valence-corrected chi connectivity index (χ1v) is 8.33. The Bertz CT molecular complexity index is 1190. The van der Waals surface area contributed by atoms with Crippen LogP contribution in [0.1, 0.15) is 11.3 Å². The lowest BCUT2D eigenvalue weighted by atomic mass is 10.1. The molecule has 0 amide bonds. The lowest BCUT2D eigenvalue weighted by Crippen LogP contribution is -1.98. The first-order chi connectivity index (χ1) is 14.3. The number of non-ortho nitro benzene ring substituents is 2. The van der Waals surface area contributed by atoms with Gasteiger partial charge in [-0.2, -0.15) is 5.10 Å². The largest absolute Gasteiger partial charge is 0.455 e. The topological polar surface area (TPSA) is 167 Å². The van der Waals surface area contributed by atoms with Crippen LogP contribution in [0.2, 0.25) is 0 Å². The molecule has 0 radical (unpaired) electrons. The Balaban J connectivity index is 1.78. The van der Waals surface area contributed by atoms with Gasteiger partial charge in [-0.15, -0.1) is 0 Å². The summed E-state index contributed by atoms with van der Waals surface area (Å²) in [5.74, 6) is 0.782. The van der Waals surface area contributed by atoms with Crippen LogP contribution in [0.5, 0.6) is 0 Å². The van der Waals surface area contributed by atoms with E-state index in [1.165, 1.54) is 24.4 Å². The lowest BCUT2D eigenvalue weighted by molar-refractivity contribution is -0.393. The summed E-state index contributed by atoms with van der Waals surface area (Å²) in [7, 11) is 0. The third kappa shape index (κ3) is 4.27. The summed E-state index contributed by atoms with van der Waals surface area (Å²) in [6.07, 6.45) is 1.27. The van der Waals surface area contributed by atoms with Gasteiger partial charge < -0.3 is 4.42 Å². The van der Waals surface area contributed by atoms with E-state index >= 15 is 0 Å². The van der Waals surface area contributed by atoms with Crippen molar-refractivity contribution in [2.45, 2.75) is 6.92 Å². The fourth-order valence-corrected chi connectivity index (χ4v) is 2.65. The molecule has 0 aliphatic carbocycles. The second-order valence-electron chi connectivity index (χ2n) is 6.04. The molecule has 1 aromatic heterocycles. The van der Waals surface area contributed by atoms with E-state index in [1.54, 1.807) is 25.1 Å². The molecule has 0 bridgehead atoms. The fraction of sp³-hybridized carbons (Fsp3) is 0.0556. The molecule has 3 aromatic rings. The van der Waals surface area contributed by atoms with Crippen LogP contribution in [0, 0.1) is 37.3 Å². The molecule has 12 nitrogen and oxygen atoms in total. The molecule has 0 aliphatic rings. The SMILES string of the molecule is Cc1cc([N+](=O)[O-])ccc1-c1ccc(/C=N\Nc2ccc([N+](=O)[O-])cc2[N+](=O)[O-])o1. The Labute approximate surface area is 167 Å². The van der Waals surface area contributed by atoms with Gasteiger partial charge in [0.15, 0.2) is 0 Å². The number of nitrogens with one attached hydrogen (secondary N) is 1. The van der Waals surface area contributed by atoms with Crippen LogP contribution in [0.3, 0.4) is 0 Å². The second kappa shape index (κ2) is 8.18. The average Bonchev–Trinajstić information content (AvgIpc) is 3.16. The minimum absolute atomic E-state index is 0.0279. The zero-order chi connectivity index (χ0) is 21.8. The van der Waals surface area contributed by atoms with Crippen LogP contribution in [0.4, 0.5) is 22.7 Å². The highest BCUT2D eigenvalue weighted by Crippen LogP contribution is 2.30. The summed E-state index contributed by atoms with van der Waals surface area (Å²) >= 11 is 0. The van der Waals surface area contributed by atoms with E-state index in [0.717, 1.165) is 12.1 Å². The van der Waals surface area contributed by atoms with Gasteiger partial charge in [0.2, 0.25) is 0 Å². The number of hydrogen-bond donors (Lipinski definition) is 1. The van der Waals surface area contributed by atoms with E-state index in [2.05, 4.69) is 10.5 Å². The van der Waals surface area contributed by atoms with Crippen molar-refractivity contribution in [3.63, 3.8) is 0 Å². The molecule has 30 heavy (non-hydrogen) atoms. The van der Waals surface area contributed by atoms with Crippen molar-refractivity contribution in [1.29, 1.82) is 0 Å². The second-order valence-corrected chi connectivity index (χ2v) is 6.04. The molecule has 2 aromatic carbocycles. The number of nitro groups is 3. The van der Waals surface area contributed by atoms with E-state index in [9.17, 15) is 30.3 Å². The summed E-state index contributed by atoms with van der Waals surface area (Å²) < 4.78 is 5.63. The van der Waals surface area contributed by atoms with E-state index < -0.39 is 26.1 Å². The number of rotatable bonds is 7. The summed E-state index contributed by atoms with van der Waals surface area (Å²) in [6.45, 7) is 1.72. The van der Waals surface area contributed by atoms with Crippen molar-refractivity contribution in [2.75, 3.05) is 5.43 Å². The normalized spacial score (nSPS) is 10.8. The van der Waals surface area contributed by atoms with Gasteiger partial charge in [0, 0.05) is 23.8 Å². The molecule has 152 valence electrons. The zero-order valence-corrected chi connectivity index (χ0v) is 15.3. The Morgan fingerprint density at radius 1 is 0.900 bits per heavy atom. The molecule has 0 atom stereocenters. The zero-order valence-electron chi connectivity index (χ0n) is 15.3. The third-order valence-electron chi connectivity index (χ3n) is 4.08. The highest BCUT2D eigenvalue weighted by atomic mass is 16.6. The molecule has 0 spiro atoms. The maximum Gasteiger partial charge on any atom is 0.301 e. The Kier molecular flexibility index (Phi) is 5.49. The summed E-state index contributed by atoms with van der Waals surface area (Å²) in [4.78, 5) is 30.8. The highest BCUT2D eigenvalue weighted by Gasteiger charge is 2.19. The number of hydrazone groups is 1. The molecule has 0 saturated heterocycles. The minimum Gasteiger partial charge on any atom is -0.455 e. The van der Waals surface area contributed by atoms with Crippen LogP contribution < -0.4 is 5.43 Å². The maximum absolute atomic E-state index is 11.1. The van der Waals surface area contributed by atoms with Crippen molar-refractivity contribution in [2.24, 2.45) is 5.10 Å². The fourth-order valence-electron chi connectivity index (χ4n) is 2.65. The molecule has 1 N–H and O–H groups in total. The molecular formula is C18H13N5O7. The summed E-state index contributed by atoms with van der Waals surface area (Å²) in [5.41, 5.74) is 2.81. The molecule has 1 heterocycles. The van der Waals surface area contributed by atoms with Crippen LogP contribution in [-0.2, 0) is 0 Å². The molecule has 12 heteroatoms. The number of nitro benzene ring substituents is 3. The van der Waals surface area contributed by atoms with E-state index in [0.29, 0.717) is 22.6 Å². The van der Waals surface area contributed by atoms with Gasteiger partial charge in [-0.3, -0.25) is 35.8 Å². The van der Waals surface area contributed by atoms with Crippen LogP contribution in [-0.4, -0.2) is 21.0 Å². The molecule has 3 rings (SSSR count). The van der Waals surface area contributed by atoms with E-state index in [-0.39, 0.29) is 11.4 Å². The number of aryl methyl sites for hydroxylation is 1. The predicted octanol–water partition coefficient (Wildman–Crippen LogP) is 4.43. The number of hydrogen-bond acceptors (Lipinski definition) is 9. The molecule has 0 saturated carbocycles. The average molecular weight is 411 g/mol. The minimum atomic E-state index is -0.757. The quantitative estimate of drug-likeness (QED) is 0.338. The van der Waals surface area contributed by atoms with E-state index in [4.69, 9.17) is 4.42 Å². The van der Waals surface area contributed by atoms with Crippen LogP contribution in [0.15, 0.2) is 58.0 Å². The van der Waals surface area contributed by atoms with Crippen LogP contribution >= 0.6 is 0 Å². The summed E-state index contributed by atoms with van der Waals surface area (Å²) in [6, 6.07) is 10.8. The monoisotopic (exact) mass is 411 g/mol.